The quantitative estimate of drug-likeness (QED) is 0.361. The van der Waals surface area contributed by atoms with Gasteiger partial charge in [-0.15, -0.1) is 0 Å². The molecule has 2 aromatic carbocycles. The highest BCUT2D eigenvalue weighted by Gasteiger charge is 2.46. The average Bonchev–Trinajstić information content (AvgIpc) is 3.51. The van der Waals surface area contributed by atoms with Gasteiger partial charge in [0.15, 0.2) is 0 Å². The minimum Gasteiger partial charge on any atom is -0.399 e. The van der Waals surface area contributed by atoms with E-state index in [-0.39, 0.29) is 0 Å². The van der Waals surface area contributed by atoms with Crippen LogP contribution in [0.25, 0.3) is 11.1 Å². The lowest BCUT2D eigenvalue weighted by Crippen LogP contribution is -2.56. The van der Waals surface area contributed by atoms with E-state index in [1.54, 1.807) is 6.07 Å². The summed E-state index contributed by atoms with van der Waals surface area (Å²) in [4.78, 5) is 18.9. The van der Waals surface area contributed by atoms with Crippen LogP contribution in [0.4, 0.5) is 17.2 Å². The van der Waals surface area contributed by atoms with Crippen molar-refractivity contribution >= 4 is 23.1 Å². The van der Waals surface area contributed by atoms with Gasteiger partial charge in [0.25, 0.3) is 0 Å². The number of nitrogens with one attached hydrogen (secondary N) is 2. The number of hydrogen-bond donors (Lipinski definition) is 4. The van der Waals surface area contributed by atoms with Gasteiger partial charge in [-0.2, -0.15) is 0 Å². The SMILES string of the molecule is NC(=O)c1cccc(-c2ccnc(N[C@@H]3CCCC[C@H]3N[C@H]3C[C@@H]4C[C@H]3N(c3ccc(N)cc3)C4)c2)c1. The maximum atomic E-state index is 11.6. The van der Waals surface area contributed by atoms with Gasteiger partial charge in [-0.05, 0) is 91.3 Å². The molecule has 0 radical (unpaired) electrons. The first-order valence-electron chi connectivity index (χ1n) is 13.5. The Morgan fingerprint density at radius 3 is 2.49 bits per heavy atom. The Labute approximate surface area is 218 Å². The molecular weight excluding hydrogens is 460 g/mol. The maximum Gasteiger partial charge on any atom is 0.248 e. The molecule has 3 aromatic rings. The van der Waals surface area contributed by atoms with Crippen molar-refractivity contribution < 1.29 is 4.79 Å². The molecule has 37 heavy (non-hydrogen) atoms. The van der Waals surface area contributed by atoms with Crippen LogP contribution < -0.4 is 27.0 Å². The number of nitrogens with two attached hydrogens (primary N) is 2. The van der Waals surface area contributed by atoms with Crippen molar-refractivity contribution in [2.24, 2.45) is 11.7 Å². The molecule has 7 nitrogen and oxygen atoms in total. The molecule has 0 spiro atoms. The highest BCUT2D eigenvalue weighted by Crippen LogP contribution is 2.41. The van der Waals surface area contributed by atoms with Crippen LogP contribution in [0.15, 0.2) is 66.9 Å². The van der Waals surface area contributed by atoms with Gasteiger partial charge in [0.2, 0.25) is 5.91 Å². The normalized spacial score (nSPS) is 26.8. The number of piperidine rings is 1. The molecule has 5 atom stereocenters. The van der Waals surface area contributed by atoms with Crippen LogP contribution in [-0.2, 0) is 0 Å². The summed E-state index contributed by atoms with van der Waals surface area (Å²) >= 11 is 0. The fourth-order valence-corrected chi connectivity index (χ4v) is 6.68. The van der Waals surface area contributed by atoms with Gasteiger partial charge in [-0.3, -0.25) is 4.79 Å². The van der Waals surface area contributed by atoms with E-state index in [1.807, 2.05) is 42.6 Å². The van der Waals surface area contributed by atoms with Crippen molar-refractivity contribution in [3.05, 3.63) is 72.4 Å². The number of carbonyl (C=O) groups excluding carboxylic acids is 1. The van der Waals surface area contributed by atoms with Crippen LogP contribution in [-0.4, -0.2) is 41.6 Å². The number of amides is 1. The van der Waals surface area contributed by atoms with Gasteiger partial charge in [-0.25, -0.2) is 4.98 Å². The molecule has 1 aliphatic heterocycles. The van der Waals surface area contributed by atoms with Crippen LogP contribution >= 0.6 is 0 Å². The van der Waals surface area contributed by atoms with Crippen LogP contribution in [0.2, 0.25) is 0 Å². The van der Waals surface area contributed by atoms with E-state index in [0.29, 0.717) is 29.7 Å². The second kappa shape index (κ2) is 10.1. The molecule has 1 saturated heterocycles. The summed E-state index contributed by atoms with van der Waals surface area (Å²) < 4.78 is 0. The van der Waals surface area contributed by atoms with Crippen LogP contribution in [0, 0.1) is 5.92 Å². The molecule has 6 N–H and O–H groups in total. The smallest absolute Gasteiger partial charge is 0.248 e. The lowest BCUT2D eigenvalue weighted by molar-refractivity contribution is 0.100. The number of benzene rings is 2. The van der Waals surface area contributed by atoms with E-state index < -0.39 is 5.91 Å². The third-order valence-electron chi connectivity index (χ3n) is 8.47. The first kappa shape index (κ1) is 23.8. The monoisotopic (exact) mass is 496 g/mol. The van der Waals surface area contributed by atoms with Crippen molar-refractivity contribution in [2.45, 2.75) is 62.7 Å². The number of anilines is 3. The molecule has 2 saturated carbocycles. The zero-order valence-corrected chi connectivity index (χ0v) is 21.1. The summed E-state index contributed by atoms with van der Waals surface area (Å²) in [6, 6.07) is 21.6. The van der Waals surface area contributed by atoms with E-state index in [2.05, 4.69) is 38.7 Å². The third kappa shape index (κ3) is 5.01. The summed E-state index contributed by atoms with van der Waals surface area (Å²) in [6.07, 6.45) is 9.14. The number of carbonyl (C=O) groups is 1. The van der Waals surface area contributed by atoms with E-state index >= 15 is 0 Å². The van der Waals surface area contributed by atoms with E-state index in [1.165, 1.54) is 37.8 Å². The second-order valence-electron chi connectivity index (χ2n) is 10.9. The van der Waals surface area contributed by atoms with Crippen LogP contribution in [0.5, 0.6) is 0 Å². The highest BCUT2D eigenvalue weighted by atomic mass is 16.1. The Balaban J connectivity index is 1.15. The summed E-state index contributed by atoms with van der Waals surface area (Å²) in [5.74, 6) is 1.21. The summed E-state index contributed by atoms with van der Waals surface area (Å²) in [5, 5.41) is 7.84. The molecule has 1 amide bonds. The fraction of sp³-hybridized carbons (Fsp3) is 0.400. The molecule has 7 heteroatoms. The molecule has 192 valence electrons. The standard InChI is InChI=1S/C30H36N6O/c31-23-8-10-24(11-9-23)36-18-19-14-27(28(36)15-19)34-25-6-1-2-7-26(25)35-29-17-21(12-13-33-29)20-4-3-5-22(16-20)30(32)37/h3-5,8-13,16-17,19,25-28,34H,1-2,6-7,14-15,18,31H2,(H2,32,37)(H,33,35)/t19-,25-,26-,27+,28-/m1/s1. The number of nitrogen functional groups attached to an aromatic ring is 1. The van der Waals surface area contributed by atoms with Crippen LogP contribution in [0.1, 0.15) is 48.9 Å². The van der Waals surface area contributed by atoms with E-state index in [4.69, 9.17) is 11.5 Å². The summed E-state index contributed by atoms with van der Waals surface area (Å²) in [5.41, 5.74) is 16.0. The zero-order valence-electron chi connectivity index (χ0n) is 21.1. The Bertz CT molecular complexity index is 1260. The van der Waals surface area contributed by atoms with Gasteiger partial charge in [0.05, 0.1) is 0 Å². The molecule has 0 unspecified atom stereocenters. The molecule has 6 rings (SSSR count). The number of rotatable bonds is 7. The maximum absolute atomic E-state index is 11.6. The molecule has 3 fully saturated rings. The lowest BCUT2D eigenvalue weighted by Gasteiger charge is -2.41. The Morgan fingerprint density at radius 1 is 0.919 bits per heavy atom. The predicted octanol–water partition coefficient (Wildman–Crippen LogP) is 4.41. The Hall–Kier alpha value is -3.58. The summed E-state index contributed by atoms with van der Waals surface area (Å²) in [6.45, 7) is 1.15. The lowest BCUT2D eigenvalue weighted by atomic mass is 9.89. The minimum absolute atomic E-state index is 0.331. The minimum atomic E-state index is -0.416. The number of primary amides is 1. The van der Waals surface area contributed by atoms with Crippen molar-refractivity contribution in [1.82, 2.24) is 10.3 Å². The number of hydrogen-bond acceptors (Lipinski definition) is 6. The molecule has 2 bridgehead atoms. The average molecular weight is 497 g/mol. The van der Waals surface area contributed by atoms with Gasteiger partial charge in [0.1, 0.15) is 5.82 Å². The van der Waals surface area contributed by atoms with Gasteiger partial charge in [-0.1, -0.05) is 25.0 Å². The van der Waals surface area contributed by atoms with Crippen molar-refractivity contribution in [3.8, 4) is 11.1 Å². The van der Waals surface area contributed by atoms with E-state index in [0.717, 1.165) is 41.5 Å². The van der Waals surface area contributed by atoms with Crippen LogP contribution in [0.3, 0.4) is 0 Å². The number of nitrogens with zero attached hydrogens (tertiary/aromatic N) is 2. The number of pyridine rings is 1. The summed E-state index contributed by atoms with van der Waals surface area (Å²) in [7, 11) is 0. The topological polar surface area (TPSA) is 109 Å². The first-order chi connectivity index (χ1) is 18.0. The van der Waals surface area contributed by atoms with E-state index in [9.17, 15) is 4.79 Å². The molecule has 2 heterocycles. The Morgan fingerprint density at radius 2 is 1.70 bits per heavy atom. The van der Waals surface area contributed by atoms with Crippen molar-refractivity contribution in [3.63, 3.8) is 0 Å². The van der Waals surface area contributed by atoms with Gasteiger partial charge in [0, 0.05) is 53.8 Å². The largest absolute Gasteiger partial charge is 0.399 e. The predicted molar refractivity (Wildman–Crippen MR) is 149 cm³/mol. The molecule has 1 aromatic heterocycles. The highest BCUT2D eigenvalue weighted by molar-refractivity contribution is 5.94. The molecular formula is C30H36N6O. The first-order valence-corrected chi connectivity index (χ1v) is 13.5. The number of fused-ring (bicyclic) bond motifs is 2. The second-order valence-corrected chi connectivity index (χ2v) is 10.9. The molecule has 3 aliphatic rings. The Kier molecular flexibility index (Phi) is 6.47. The van der Waals surface area contributed by atoms with Gasteiger partial charge < -0.3 is 27.0 Å². The van der Waals surface area contributed by atoms with Gasteiger partial charge >= 0.3 is 0 Å². The number of aromatic nitrogens is 1. The third-order valence-corrected chi connectivity index (χ3v) is 8.47. The van der Waals surface area contributed by atoms with Crippen molar-refractivity contribution in [2.75, 3.05) is 22.5 Å². The zero-order chi connectivity index (χ0) is 25.4. The fourth-order valence-electron chi connectivity index (χ4n) is 6.68. The van der Waals surface area contributed by atoms with Crippen molar-refractivity contribution in [1.29, 1.82) is 0 Å². The molecule has 2 aliphatic carbocycles.